The first-order valence-corrected chi connectivity index (χ1v) is 11.8. The Hall–Kier alpha value is -5.31. The largest absolute Gasteiger partial charge is 0.364 e. The number of dihydropyridines is 1. The molecule has 3 N–H and O–H groups in total. The van der Waals surface area contributed by atoms with Crippen molar-refractivity contribution in [1.82, 2.24) is 20.6 Å². The van der Waals surface area contributed by atoms with E-state index in [9.17, 15) is 23.6 Å². The lowest BCUT2D eigenvalue weighted by molar-refractivity contribution is 0.0935. The Bertz CT molecular complexity index is 1610. The lowest BCUT2D eigenvalue weighted by atomic mass is 10.0. The molecule has 39 heavy (non-hydrogen) atoms. The predicted molar refractivity (Wildman–Crippen MR) is 139 cm³/mol. The van der Waals surface area contributed by atoms with Crippen molar-refractivity contribution >= 4 is 35.4 Å². The number of amides is 3. The normalized spacial score (nSPS) is 16.4. The Morgan fingerprint density at radius 2 is 1.97 bits per heavy atom. The summed E-state index contributed by atoms with van der Waals surface area (Å²) in [6, 6.07) is 11.4. The molecule has 194 valence electrons. The van der Waals surface area contributed by atoms with Crippen LogP contribution in [0, 0.1) is 23.0 Å². The van der Waals surface area contributed by atoms with E-state index in [1.54, 1.807) is 13.1 Å². The van der Waals surface area contributed by atoms with Gasteiger partial charge in [0.05, 0.1) is 12.2 Å². The van der Waals surface area contributed by atoms with Crippen LogP contribution in [0.15, 0.2) is 64.7 Å². The second-order valence-corrected chi connectivity index (χ2v) is 8.76. The average molecular weight is 527 g/mol. The summed E-state index contributed by atoms with van der Waals surface area (Å²) in [6.07, 6.45) is 4.78. The molecule has 0 radical (unpaired) electrons. The predicted octanol–water partition coefficient (Wildman–Crippen LogP) is 3.69. The van der Waals surface area contributed by atoms with E-state index in [1.165, 1.54) is 12.3 Å². The Morgan fingerprint density at radius 1 is 1.18 bits per heavy atom. The van der Waals surface area contributed by atoms with E-state index in [-0.39, 0.29) is 23.2 Å². The van der Waals surface area contributed by atoms with E-state index in [0.29, 0.717) is 17.9 Å². The third-order valence-corrected chi connectivity index (χ3v) is 6.10. The molecular weight excluding hydrogens is 506 g/mol. The number of hydrogen-bond donors (Lipinski definition) is 3. The summed E-state index contributed by atoms with van der Waals surface area (Å²) in [5.41, 5.74) is 2.80. The van der Waals surface area contributed by atoms with Gasteiger partial charge in [0.1, 0.15) is 12.1 Å². The minimum atomic E-state index is -1.02. The number of nitrogens with zero attached hydrogens (tertiary/aromatic N) is 5. The van der Waals surface area contributed by atoms with E-state index >= 15 is 0 Å². The monoisotopic (exact) mass is 526 g/mol. The molecule has 2 aliphatic heterocycles. The van der Waals surface area contributed by atoms with Gasteiger partial charge in [0.25, 0.3) is 5.91 Å². The van der Waals surface area contributed by atoms with Gasteiger partial charge in [0.2, 0.25) is 0 Å². The van der Waals surface area contributed by atoms with E-state index in [0.717, 1.165) is 28.8 Å². The number of carbonyl (C=O) groups excluding carboxylic acids is 2. The van der Waals surface area contributed by atoms with Crippen LogP contribution in [0.5, 0.6) is 0 Å². The smallest absolute Gasteiger partial charge is 0.343 e. The van der Waals surface area contributed by atoms with Crippen LogP contribution in [-0.4, -0.2) is 40.0 Å². The van der Waals surface area contributed by atoms with Crippen molar-refractivity contribution in [3.8, 4) is 6.07 Å². The highest BCUT2D eigenvalue weighted by Crippen LogP contribution is 2.21. The number of halogens is 2. The van der Waals surface area contributed by atoms with Crippen LogP contribution in [0.2, 0.25) is 0 Å². The van der Waals surface area contributed by atoms with E-state index < -0.39 is 29.6 Å². The molecule has 0 spiro atoms. The van der Waals surface area contributed by atoms with Crippen LogP contribution in [0.25, 0.3) is 5.57 Å². The minimum absolute atomic E-state index is 0.0513. The molecule has 12 heteroatoms. The highest BCUT2D eigenvalue weighted by Gasteiger charge is 2.26. The molecule has 1 aromatic heterocycles. The molecule has 3 heterocycles. The summed E-state index contributed by atoms with van der Waals surface area (Å²) in [4.78, 5) is 40.8. The molecule has 0 bridgehead atoms. The number of nitriles is 1. The summed E-state index contributed by atoms with van der Waals surface area (Å²) in [5, 5.41) is 17.7. The van der Waals surface area contributed by atoms with Crippen molar-refractivity contribution < 1.29 is 18.4 Å². The number of rotatable bonds is 7. The fraction of sp³-hybridized carbons (Fsp3) is 0.148. The molecule has 3 amide bonds. The molecule has 1 unspecified atom stereocenters. The highest BCUT2D eigenvalue weighted by atomic mass is 19.2. The zero-order valence-corrected chi connectivity index (χ0v) is 20.4. The first-order chi connectivity index (χ1) is 18.8. The molecule has 3 aromatic rings. The summed E-state index contributed by atoms with van der Waals surface area (Å²) in [7, 11) is 0. The number of aliphatic imine (C=N–C) groups is 2. The lowest BCUT2D eigenvalue weighted by Gasteiger charge is -2.16. The Morgan fingerprint density at radius 3 is 2.72 bits per heavy atom. The molecule has 0 aliphatic carbocycles. The van der Waals surface area contributed by atoms with Gasteiger partial charge < -0.3 is 16.0 Å². The Kier molecular flexibility index (Phi) is 6.88. The number of hydrogen-bond acceptors (Lipinski definition) is 7. The molecular formula is C27H20F2N8O2. The number of aromatic nitrogens is 2. The van der Waals surface area contributed by atoms with E-state index in [1.807, 2.05) is 36.4 Å². The Labute approximate surface area is 221 Å². The summed E-state index contributed by atoms with van der Waals surface area (Å²) in [6.45, 7) is 1.91. The number of urea groups is 1. The van der Waals surface area contributed by atoms with Crippen molar-refractivity contribution in [3.05, 3.63) is 94.5 Å². The van der Waals surface area contributed by atoms with Crippen LogP contribution in [-0.2, 0) is 6.54 Å². The van der Waals surface area contributed by atoms with Gasteiger partial charge in [-0.2, -0.15) is 10.3 Å². The molecule has 0 saturated heterocycles. The number of carbonyl (C=O) groups is 2. The van der Waals surface area contributed by atoms with Gasteiger partial charge in [0.15, 0.2) is 34.7 Å². The van der Waals surface area contributed by atoms with Crippen LogP contribution in [0.1, 0.15) is 45.8 Å². The first kappa shape index (κ1) is 25.3. The van der Waals surface area contributed by atoms with Crippen LogP contribution >= 0.6 is 0 Å². The van der Waals surface area contributed by atoms with Crippen LogP contribution in [0.4, 0.5) is 19.4 Å². The van der Waals surface area contributed by atoms with Gasteiger partial charge in [-0.25, -0.2) is 28.5 Å². The molecule has 5 rings (SSSR count). The summed E-state index contributed by atoms with van der Waals surface area (Å²) >= 11 is 0. The SMILES string of the molecule is C[C@H](NC(=O)c1nc(C#N)cnc1NCc1ccc(C2=CC3NC(=O)N=C3N=C2)cc1)c1ccc(F)c(F)c1. The second kappa shape index (κ2) is 10.6. The number of anilines is 1. The Balaban J connectivity index is 1.28. The lowest BCUT2D eigenvalue weighted by Crippen LogP contribution is -2.31. The first-order valence-electron chi connectivity index (χ1n) is 11.8. The zero-order valence-electron chi connectivity index (χ0n) is 20.4. The molecule has 2 aromatic carbocycles. The highest BCUT2D eigenvalue weighted by molar-refractivity contribution is 6.21. The minimum Gasteiger partial charge on any atom is -0.364 e. The second-order valence-electron chi connectivity index (χ2n) is 8.76. The van der Waals surface area contributed by atoms with E-state index in [2.05, 4.69) is 35.9 Å². The maximum atomic E-state index is 13.6. The van der Waals surface area contributed by atoms with Crippen molar-refractivity contribution in [3.63, 3.8) is 0 Å². The standard InChI is InChI=1S/C27H20F2N8O2/c1-14(17-6-7-20(28)21(29)8-17)34-26(38)23-25(33-13-19(10-30)35-23)31-11-15-2-4-16(5-3-15)18-9-22-24(32-12-18)37-27(39)36-22/h2-9,12-14,22H,11H2,1H3,(H,31,33)(H,34,38)(H,36,39)/t14-,22?/m0/s1. The van der Waals surface area contributed by atoms with Crippen molar-refractivity contribution in [2.45, 2.75) is 25.6 Å². The summed E-state index contributed by atoms with van der Waals surface area (Å²) in [5.74, 6) is -2.06. The molecule has 0 saturated carbocycles. The maximum absolute atomic E-state index is 13.6. The molecule has 2 atom stereocenters. The zero-order chi connectivity index (χ0) is 27.5. The number of nitrogens with one attached hydrogen (secondary N) is 3. The van der Waals surface area contributed by atoms with Crippen LogP contribution < -0.4 is 16.0 Å². The maximum Gasteiger partial charge on any atom is 0.343 e. The van der Waals surface area contributed by atoms with Gasteiger partial charge >= 0.3 is 6.03 Å². The number of amidine groups is 1. The third kappa shape index (κ3) is 5.52. The topological polar surface area (TPSA) is 145 Å². The van der Waals surface area contributed by atoms with Crippen molar-refractivity contribution in [2.24, 2.45) is 9.98 Å². The van der Waals surface area contributed by atoms with Gasteiger partial charge in [-0.1, -0.05) is 30.3 Å². The van der Waals surface area contributed by atoms with Gasteiger partial charge in [-0.05, 0) is 47.4 Å². The fourth-order valence-electron chi connectivity index (χ4n) is 4.02. The van der Waals surface area contributed by atoms with E-state index in [4.69, 9.17) is 0 Å². The number of benzene rings is 2. The van der Waals surface area contributed by atoms with Gasteiger partial charge in [-0.3, -0.25) is 4.79 Å². The van der Waals surface area contributed by atoms with Crippen LogP contribution in [0.3, 0.4) is 0 Å². The summed E-state index contributed by atoms with van der Waals surface area (Å²) < 4.78 is 26.9. The molecule has 10 nitrogen and oxygen atoms in total. The average Bonchev–Trinajstić information content (AvgIpc) is 3.32. The molecule has 0 fully saturated rings. The van der Waals surface area contributed by atoms with Gasteiger partial charge in [-0.15, -0.1) is 0 Å². The quantitative estimate of drug-likeness (QED) is 0.428. The molecule has 2 aliphatic rings. The number of fused-ring (bicyclic) bond motifs is 1. The van der Waals surface area contributed by atoms with Crippen molar-refractivity contribution in [1.29, 1.82) is 5.26 Å². The van der Waals surface area contributed by atoms with Gasteiger partial charge in [0, 0.05) is 12.8 Å². The number of allylic oxidation sites excluding steroid dienone is 1. The fourth-order valence-corrected chi connectivity index (χ4v) is 4.02. The van der Waals surface area contributed by atoms with Crippen molar-refractivity contribution in [2.75, 3.05) is 5.32 Å². The third-order valence-electron chi connectivity index (χ3n) is 6.10.